The van der Waals surface area contributed by atoms with Crippen LogP contribution in [-0.4, -0.2) is 42.2 Å². The van der Waals surface area contributed by atoms with Gasteiger partial charge in [0.1, 0.15) is 0 Å². The van der Waals surface area contributed by atoms with Crippen molar-refractivity contribution in [3.63, 3.8) is 0 Å². The summed E-state index contributed by atoms with van der Waals surface area (Å²) in [7, 11) is 0. The van der Waals surface area contributed by atoms with Gasteiger partial charge in [-0.3, -0.25) is 4.90 Å². The Morgan fingerprint density at radius 3 is 2.53 bits per heavy atom. The minimum atomic E-state index is 0.0431. The van der Waals surface area contributed by atoms with Gasteiger partial charge in [0.25, 0.3) is 0 Å². The molecule has 0 saturated carbocycles. The molecule has 0 spiro atoms. The van der Waals surface area contributed by atoms with E-state index in [0.717, 1.165) is 37.4 Å². The maximum atomic E-state index is 9.46. The van der Waals surface area contributed by atoms with Crippen LogP contribution in [0.25, 0.3) is 0 Å². The highest BCUT2D eigenvalue weighted by Gasteiger charge is 2.21. The highest BCUT2D eigenvalue weighted by molar-refractivity contribution is 6.30. The molecule has 106 valence electrons. The van der Waals surface area contributed by atoms with Crippen molar-refractivity contribution in [3.8, 4) is 0 Å². The minimum Gasteiger partial charge on any atom is -0.392 e. The lowest BCUT2D eigenvalue weighted by Crippen LogP contribution is -2.49. The molecule has 1 N–H and O–H groups in total. The van der Waals surface area contributed by atoms with Crippen LogP contribution in [0.2, 0.25) is 5.02 Å². The third kappa shape index (κ3) is 3.41. The van der Waals surface area contributed by atoms with Gasteiger partial charge in [-0.1, -0.05) is 18.5 Å². The van der Waals surface area contributed by atoms with E-state index in [1.807, 2.05) is 18.2 Å². The molecule has 1 fully saturated rings. The molecule has 3 nitrogen and oxygen atoms in total. The van der Waals surface area contributed by atoms with Gasteiger partial charge in [0, 0.05) is 48.5 Å². The van der Waals surface area contributed by atoms with Crippen molar-refractivity contribution in [3.05, 3.63) is 28.8 Å². The lowest BCUT2D eigenvalue weighted by molar-refractivity contribution is 0.192. The molecule has 1 aromatic carbocycles. The van der Waals surface area contributed by atoms with Crippen molar-refractivity contribution in [2.45, 2.75) is 32.9 Å². The van der Waals surface area contributed by atoms with Crippen molar-refractivity contribution < 1.29 is 5.11 Å². The lowest BCUT2D eigenvalue weighted by atomic mass is 10.1. The summed E-state index contributed by atoms with van der Waals surface area (Å²) in [5.41, 5.74) is 2.04. The van der Waals surface area contributed by atoms with E-state index >= 15 is 0 Å². The van der Waals surface area contributed by atoms with Gasteiger partial charge in [-0.25, -0.2) is 0 Å². The summed E-state index contributed by atoms with van der Waals surface area (Å²) in [4.78, 5) is 4.88. The predicted octanol–water partition coefficient (Wildman–Crippen LogP) is 2.75. The van der Waals surface area contributed by atoms with Crippen LogP contribution in [0.1, 0.15) is 25.8 Å². The Morgan fingerprint density at radius 1 is 1.26 bits per heavy atom. The molecule has 0 bridgehead atoms. The Balaban J connectivity index is 2.05. The first-order chi connectivity index (χ1) is 9.15. The average molecular weight is 283 g/mol. The molecule has 1 aliphatic heterocycles. The monoisotopic (exact) mass is 282 g/mol. The predicted molar refractivity (Wildman–Crippen MR) is 80.9 cm³/mol. The Morgan fingerprint density at radius 2 is 1.95 bits per heavy atom. The van der Waals surface area contributed by atoms with Crippen LogP contribution in [0.4, 0.5) is 5.69 Å². The van der Waals surface area contributed by atoms with E-state index in [1.165, 1.54) is 6.42 Å². The number of anilines is 1. The summed E-state index contributed by atoms with van der Waals surface area (Å²) in [5, 5.41) is 10.1. The molecule has 2 rings (SSSR count). The maximum Gasteiger partial charge on any atom is 0.0702 e. The van der Waals surface area contributed by atoms with E-state index in [9.17, 15) is 5.11 Å². The summed E-state index contributed by atoms with van der Waals surface area (Å²) in [6.45, 7) is 8.77. The molecule has 4 heteroatoms. The van der Waals surface area contributed by atoms with Crippen LogP contribution >= 0.6 is 11.6 Å². The maximum absolute atomic E-state index is 9.46. The molecular formula is C15H23ClN2O. The summed E-state index contributed by atoms with van der Waals surface area (Å²) in [6, 6.07) is 6.44. The summed E-state index contributed by atoms with van der Waals surface area (Å²) in [5.74, 6) is 0. The van der Waals surface area contributed by atoms with Crippen LogP contribution < -0.4 is 4.90 Å². The summed E-state index contributed by atoms with van der Waals surface area (Å²) < 4.78 is 0. The fourth-order valence-corrected chi connectivity index (χ4v) is 2.85. The normalized spacial score (nSPS) is 18.6. The first-order valence-corrected chi connectivity index (χ1v) is 7.41. The number of piperazine rings is 1. The number of rotatable bonds is 4. The molecule has 0 radical (unpaired) electrons. The highest BCUT2D eigenvalue weighted by Crippen LogP contribution is 2.25. The standard InChI is InChI=1S/C15H23ClN2O/c1-3-12(2)17-6-8-18(9-7-17)15-5-4-14(16)10-13(15)11-19/h4-5,10,12,19H,3,6-9,11H2,1-2H3. The number of nitrogens with zero attached hydrogens (tertiary/aromatic N) is 2. The molecule has 19 heavy (non-hydrogen) atoms. The highest BCUT2D eigenvalue weighted by atomic mass is 35.5. The molecule has 0 aliphatic carbocycles. The first kappa shape index (κ1) is 14.6. The van der Waals surface area contributed by atoms with E-state index in [-0.39, 0.29) is 6.61 Å². The molecule has 0 amide bonds. The van der Waals surface area contributed by atoms with E-state index in [4.69, 9.17) is 11.6 Å². The van der Waals surface area contributed by atoms with Gasteiger partial charge < -0.3 is 10.0 Å². The zero-order valence-corrected chi connectivity index (χ0v) is 12.5. The van der Waals surface area contributed by atoms with Crippen molar-refractivity contribution in [2.24, 2.45) is 0 Å². The minimum absolute atomic E-state index is 0.0431. The number of halogens is 1. The van der Waals surface area contributed by atoms with Crippen molar-refractivity contribution in [2.75, 3.05) is 31.1 Å². The molecule has 1 aliphatic rings. The number of aliphatic hydroxyl groups excluding tert-OH is 1. The molecule has 1 aromatic rings. The number of aliphatic hydroxyl groups is 1. The zero-order chi connectivity index (χ0) is 13.8. The summed E-state index contributed by atoms with van der Waals surface area (Å²) >= 11 is 5.98. The van der Waals surface area contributed by atoms with Crippen LogP contribution in [0.3, 0.4) is 0 Å². The Labute approximate surface area is 120 Å². The molecule has 1 heterocycles. The third-order valence-electron chi connectivity index (χ3n) is 4.08. The van der Waals surface area contributed by atoms with E-state index in [2.05, 4.69) is 23.6 Å². The topological polar surface area (TPSA) is 26.7 Å². The van der Waals surface area contributed by atoms with Gasteiger partial charge in [-0.2, -0.15) is 0 Å². The van der Waals surface area contributed by atoms with Gasteiger partial charge in [-0.05, 0) is 31.5 Å². The number of hydrogen-bond acceptors (Lipinski definition) is 3. The molecular weight excluding hydrogens is 260 g/mol. The van der Waals surface area contributed by atoms with Crippen molar-refractivity contribution in [1.29, 1.82) is 0 Å². The molecule has 1 saturated heterocycles. The third-order valence-corrected chi connectivity index (χ3v) is 4.32. The Hall–Kier alpha value is -0.770. The van der Waals surface area contributed by atoms with Crippen LogP contribution in [0.15, 0.2) is 18.2 Å². The zero-order valence-electron chi connectivity index (χ0n) is 11.8. The van der Waals surface area contributed by atoms with Crippen LogP contribution in [0, 0.1) is 0 Å². The van der Waals surface area contributed by atoms with Gasteiger partial charge in [-0.15, -0.1) is 0 Å². The number of benzene rings is 1. The quantitative estimate of drug-likeness (QED) is 0.920. The smallest absolute Gasteiger partial charge is 0.0702 e. The average Bonchev–Trinajstić information content (AvgIpc) is 2.46. The Kier molecular flexibility index (Phi) is 5.08. The second kappa shape index (κ2) is 6.60. The fraction of sp³-hybridized carbons (Fsp3) is 0.600. The van der Waals surface area contributed by atoms with Crippen molar-refractivity contribution in [1.82, 2.24) is 4.90 Å². The van der Waals surface area contributed by atoms with Gasteiger partial charge in [0.2, 0.25) is 0 Å². The Bertz CT molecular complexity index is 417. The largest absolute Gasteiger partial charge is 0.392 e. The van der Waals surface area contributed by atoms with Gasteiger partial charge >= 0.3 is 0 Å². The first-order valence-electron chi connectivity index (χ1n) is 7.04. The van der Waals surface area contributed by atoms with Crippen LogP contribution in [-0.2, 0) is 6.61 Å². The summed E-state index contributed by atoms with van der Waals surface area (Å²) in [6.07, 6.45) is 1.20. The second-order valence-electron chi connectivity index (χ2n) is 5.21. The fourth-order valence-electron chi connectivity index (χ4n) is 2.65. The van der Waals surface area contributed by atoms with E-state index < -0.39 is 0 Å². The number of hydrogen-bond donors (Lipinski definition) is 1. The van der Waals surface area contributed by atoms with Gasteiger partial charge in [0.05, 0.1) is 6.61 Å². The lowest BCUT2D eigenvalue weighted by Gasteiger charge is -2.39. The van der Waals surface area contributed by atoms with E-state index in [0.29, 0.717) is 11.1 Å². The SMILES string of the molecule is CCC(C)N1CCN(c2ccc(Cl)cc2CO)CC1. The van der Waals surface area contributed by atoms with Crippen molar-refractivity contribution >= 4 is 17.3 Å². The van der Waals surface area contributed by atoms with Gasteiger partial charge in [0.15, 0.2) is 0 Å². The molecule has 1 atom stereocenters. The van der Waals surface area contributed by atoms with E-state index in [1.54, 1.807) is 0 Å². The second-order valence-corrected chi connectivity index (χ2v) is 5.65. The molecule has 0 aromatic heterocycles. The molecule has 1 unspecified atom stereocenters. The van der Waals surface area contributed by atoms with Crippen LogP contribution in [0.5, 0.6) is 0 Å².